The van der Waals surface area contributed by atoms with Gasteiger partial charge < -0.3 is 14.6 Å². The minimum absolute atomic E-state index is 0.0511. The summed E-state index contributed by atoms with van der Waals surface area (Å²) in [6, 6.07) is 6.94. The fourth-order valence-corrected chi connectivity index (χ4v) is 3.32. The molecule has 0 aliphatic carbocycles. The smallest absolute Gasteiger partial charge is 0.265 e. The summed E-state index contributed by atoms with van der Waals surface area (Å²) in [5, 5.41) is 11.3. The lowest BCUT2D eigenvalue weighted by atomic mass is 10.2. The molecule has 0 spiro atoms. The number of hydrogen-bond donors (Lipinski definition) is 1. The van der Waals surface area contributed by atoms with E-state index < -0.39 is 0 Å². The zero-order valence-corrected chi connectivity index (χ0v) is 13.9. The second-order valence-electron chi connectivity index (χ2n) is 6.26. The number of fused-ring (bicyclic) bond motifs is 2. The maximum absolute atomic E-state index is 12.5. The Balaban J connectivity index is 1.46. The predicted molar refractivity (Wildman–Crippen MR) is 89.2 cm³/mol. The molecule has 0 fully saturated rings. The molecule has 8 nitrogen and oxygen atoms in total. The summed E-state index contributed by atoms with van der Waals surface area (Å²) in [6.45, 7) is 2.65. The van der Waals surface area contributed by atoms with Gasteiger partial charge in [0.15, 0.2) is 12.4 Å². The Labute approximate surface area is 144 Å². The van der Waals surface area contributed by atoms with Crippen LogP contribution in [0.25, 0.3) is 0 Å². The molecule has 1 N–H and O–H groups in total. The number of hydrogen-bond acceptors (Lipinski definition) is 5. The van der Waals surface area contributed by atoms with Gasteiger partial charge in [-0.15, -0.1) is 10.2 Å². The molecule has 1 aromatic heterocycles. The van der Waals surface area contributed by atoms with Crippen molar-refractivity contribution in [3.05, 3.63) is 35.9 Å². The van der Waals surface area contributed by atoms with E-state index in [1.165, 1.54) is 4.90 Å². The van der Waals surface area contributed by atoms with E-state index in [9.17, 15) is 9.59 Å². The molecule has 0 bridgehead atoms. The Morgan fingerprint density at radius 3 is 3.08 bits per heavy atom. The minimum Gasteiger partial charge on any atom is -0.482 e. The first kappa shape index (κ1) is 15.6. The third kappa shape index (κ3) is 2.84. The lowest BCUT2D eigenvalue weighted by Crippen LogP contribution is -2.45. The van der Waals surface area contributed by atoms with Crippen molar-refractivity contribution >= 4 is 17.5 Å². The SMILES string of the molecule is C[C@H](NC(=O)CN1C(=O)COc2ccccc21)c1nnc2n1CCC2. The van der Waals surface area contributed by atoms with Crippen molar-refractivity contribution in [2.45, 2.75) is 32.4 Å². The van der Waals surface area contributed by atoms with Gasteiger partial charge >= 0.3 is 0 Å². The molecule has 0 radical (unpaired) electrons. The number of ether oxygens (including phenoxy) is 1. The number of benzene rings is 1. The van der Waals surface area contributed by atoms with Gasteiger partial charge in [0.1, 0.15) is 18.1 Å². The van der Waals surface area contributed by atoms with Gasteiger partial charge in [-0.1, -0.05) is 12.1 Å². The zero-order valence-electron chi connectivity index (χ0n) is 13.9. The molecule has 1 aromatic carbocycles. The number of nitrogens with zero attached hydrogens (tertiary/aromatic N) is 4. The van der Waals surface area contributed by atoms with Crippen molar-refractivity contribution in [1.82, 2.24) is 20.1 Å². The van der Waals surface area contributed by atoms with Crippen LogP contribution in [0.4, 0.5) is 5.69 Å². The number of amides is 2. The summed E-state index contributed by atoms with van der Waals surface area (Å²) < 4.78 is 7.45. The van der Waals surface area contributed by atoms with Gasteiger partial charge in [0.25, 0.3) is 5.91 Å². The summed E-state index contributed by atoms with van der Waals surface area (Å²) in [6.07, 6.45) is 1.98. The Morgan fingerprint density at radius 2 is 2.20 bits per heavy atom. The van der Waals surface area contributed by atoms with E-state index in [1.807, 2.05) is 19.1 Å². The Hall–Kier alpha value is -2.90. The van der Waals surface area contributed by atoms with Crippen molar-refractivity contribution in [2.75, 3.05) is 18.1 Å². The summed E-state index contributed by atoms with van der Waals surface area (Å²) in [5.74, 6) is 1.86. The van der Waals surface area contributed by atoms with Crippen LogP contribution in [0.5, 0.6) is 5.75 Å². The van der Waals surface area contributed by atoms with Crippen LogP contribution in [0, 0.1) is 0 Å². The van der Waals surface area contributed by atoms with Gasteiger partial charge in [-0.2, -0.15) is 0 Å². The fourth-order valence-electron chi connectivity index (χ4n) is 3.32. The van der Waals surface area contributed by atoms with Crippen molar-refractivity contribution in [2.24, 2.45) is 0 Å². The average molecular weight is 341 g/mol. The summed E-state index contributed by atoms with van der Waals surface area (Å²) in [4.78, 5) is 26.1. The van der Waals surface area contributed by atoms with E-state index >= 15 is 0 Å². The maximum Gasteiger partial charge on any atom is 0.265 e. The highest BCUT2D eigenvalue weighted by molar-refractivity contribution is 6.02. The molecule has 3 heterocycles. The van der Waals surface area contributed by atoms with Crippen LogP contribution in [0.2, 0.25) is 0 Å². The maximum atomic E-state index is 12.5. The molecule has 4 rings (SSSR count). The van der Waals surface area contributed by atoms with Gasteiger partial charge in [0, 0.05) is 13.0 Å². The summed E-state index contributed by atoms with van der Waals surface area (Å²) in [5.41, 5.74) is 0.616. The van der Waals surface area contributed by atoms with Gasteiger partial charge in [-0.3, -0.25) is 14.5 Å². The van der Waals surface area contributed by atoms with E-state index in [2.05, 4.69) is 20.1 Å². The van der Waals surface area contributed by atoms with Crippen LogP contribution in [-0.2, 0) is 22.6 Å². The molecule has 8 heteroatoms. The van der Waals surface area contributed by atoms with Crippen LogP contribution in [0.1, 0.15) is 31.0 Å². The molecule has 2 aromatic rings. The lowest BCUT2D eigenvalue weighted by molar-refractivity contribution is -0.125. The molecule has 2 aliphatic heterocycles. The zero-order chi connectivity index (χ0) is 17.4. The number of nitrogens with one attached hydrogen (secondary N) is 1. The highest BCUT2D eigenvalue weighted by Crippen LogP contribution is 2.31. The second kappa shape index (κ2) is 6.19. The van der Waals surface area contributed by atoms with Crippen LogP contribution in [0.3, 0.4) is 0 Å². The lowest BCUT2D eigenvalue weighted by Gasteiger charge is -2.29. The van der Waals surface area contributed by atoms with E-state index in [-0.39, 0.29) is 31.0 Å². The first-order chi connectivity index (χ1) is 12.1. The van der Waals surface area contributed by atoms with Crippen LogP contribution >= 0.6 is 0 Å². The Bertz CT molecular complexity index is 831. The third-order valence-electron chi connectivity index (χ3n) is 4.51. The highest BCUT2D eigenvalue weighted by Gasteiger charge is 2.28. The number of para-hydroxylation sites is 2. The number of aryl methyl sites for hydroxylation is 1. The van der Waals surface area contributed by atoms with Crippen molar-refractivity contribution < 1.29 is 14.3 Å². The standard InChI is InChI=1S/C17H19N5O3/c1-11(17-20-19-14-7-4-8-21(14)17)18-15(23)9-22-12-5-2-3-6-13(12)25-10-16(22)24/h2-3,5-6,11H,4,7-10H2,1H3,(H,18,23)/t11-/m0/s1. The number of carbonyl (C=O) groups is 2. The van der Waals surface area contributed by atoms with Gasteiger partial charge in [0.05, 0.1) is 11.7 Å². The molecule has 2 amide bonds. The summed E-state index contributed by atoms with van der Waals surface area (Å²) >= 11 is 0. The average Bonchev–Trinajstić information content (AvgIpc) is 3.20. The third-order valence-corrected chi connectivity index (χ3v) is 4.51. The number of anilines is 1. The highest BCUT2D eigenvalue weighted by atomic mass is 16.5. The number of rotatable bonds is 4. The molecular formula is C17H19N5O3. The van der Waals surface area contributed by atoms with E-state index in [0.29, 0.717) is 11.4 Å². The predicted octanol–water partition coefficient (Wildman–Crippen LogP) is 0.827. The van der Waals surface area contributed by atoms with Gasteiger partial charge in [0.2, 0.25) is 5.91 Å². The van der Waals surface area contributed by atoms with Crippen LogP contribution < -0.4 is 15.0 Å². The van der Waals surface area contributed by atoms with E-state index in [1.54, 1.807) is 12.1 Å². The van der Waals surface area contributed by atoms with E-state index in [4.69, 9.17) is 4.74 Å². The largest absolute Gasteiger partial charge is 0.482 e. The van der Waals surface area contributed by atoms with Crippen molar-refractivity contribution in [1.29, 1.82) is 0 Å². The first-order valence-electron chi connectivity index (χ1n) is 8.37. The van der Waals surface area contributed by atoms with Crippen molar-refractivity contribution in [3.63, 3.8) is 0 Å². The molecule has 0 unspecified atom stereocenters. The second-order valence-corrected chi connectivity index (χ2v) is 6.26. The number of aromatic nitrogens is 3. The molecule has 130 valence electrons. The molecular weight excluding hydrogens is 322 g/mol. The molecule has 0 saturated heterocycles. The Kier molecular flexibility index (Phi) is 3.87. The quantitative estimate of drug-likeness (QED) is 0.890. The fraction of sp³-hybridized carbons (Fsp3) is 0.412. The Morgan fingerprint density at radius 1 is 1.36 bits per heavy atom. The van der Waals surface area contributed by atoms with E-state index in [0.717, 1.165) is 31.0 Å². The normalized spacial score (nSPS) is 16.8. The summed E-state index contributed by atoms with van der Waals surface area (Å²) in [7, 11) is 0. The number of carbonyl (C=O) groups excluding carboxylic acids is 2. The minimum atomic E-state index is -0.266. The monoisotopic (exact) mass is 341 g/mol. The molecule has 1 atom stereocenters. The molecule has 2 aliphatic rings. The van der Waals surface area contributed by atoms with Gasteiger partial charge in [-0.25, -0.2) is 0 Å². The van der Waals surface area contributed by atoms with Crippen LogP contribution in [0.15, 0.2) is 24.3 Å². The van der Waals surface area contributed by atoms with Gasteiger partial charge in [-0.05, 0) is 25.5 Å². The van der Waals surface area contributed by atoms with Crippen LogP contribution in [-0.4, -0.2) is 39.7 Å². The van der Waals surface area contributed by atoms with Crippen molar-refractivity contribution in [3.8, 4) is 5.75 Å². The topological polar surface area (TPSA) is 89.3 Å². The first-order valence-corrected chi connectivity index (χ1v) is 8.37. The molecule has 0 saturated carbocycles. The molecule has 25 heavy (non-hydrogen) atoms.